The molecule has 0 saturated carbocycles. The lowest BCUT2D eigenvalue weighted by atomic mass is 9.94. The van der Waals surface area contributed by atoms with Gasteiger partial charge in [0.05, 0.1) is 12.1 Å². The Balaban J connectivity index is 1.99. The number of sulfonamides is 1. The predicted molar refractivity (Wildman–Crippen MR) is 127 cm³/mol. The molecule has 0 aliphatic carbocycles. The van der Waals surface area contributed by atoms with E-state index in [2.05, 4.69) is 5.32 Å². The second kappa shape index (κ2) is 11.2. The molecule has 2 rings (SSSR count). The number of benzene rings is 2. The van der Waals surface area contributed by atoms with Gasteiger partial charge < -0.3 is 19.9 Å². The van der Waals surface area contributed by atoms with Crippen molar-refractivity contribution in [2.45, 2.75) is 36.8 Å². The number of β-amino-alcohol motifs (C(OH)–C–C–N with tert-alkyl or cyclic N) is 1. The summed E-state index contributed by atoms with van der Waals surface area (Å²) in [6.07, 6.45) is -0.128. The number of nitriles is 1. The highest BCUT2D eigenvalue weighted by atomic mass is 35.5. The van der Waals surface area contributed by atoms with Crippen LogP contribution in [0, 0.1) is 11.3 Å². The van der Waals surface area contributed by atoms with Gasteiger partial charge in [-0.2, -0.15) is 5.26 Å². The van der Waals surface area contributed by atoms with Crippen molar-refractivity contribution in [1.29, 1.82) is 5.26 Å². The zero-order valence-corrected chi connectivity index (χ0v) is 21.0. The Morgan fingerprint density at radius 3 is 2.39 bits per heavy atom. The molecule has 0 spiro atoms. The number of aliphatic hydroxyl groups excluding tert-OH is 1. The predicted octanol–water partition coefficient (Wildman–Crippen LogP) is 2.82. The highest BCUT2D eigenvalue weighted by Gasteiger charge is 2.25. The fourth-order valence-electron chi connectivity index (χ4n) is 3.11. The average molecular weight is 496 g/mol. The molecule has 0 unspecified atom stereocenters. The van der Waals surface area contributed by atoms with Crippen molar-refractivity contribution in [3.8, 4) is 17.6 Å². The Bertz CT molecular complexity index is 1100. The molecule has 33 heavy (non-hydrogen) atoms. The molecule has 10 heteroatoms. The number of hydrogen-bond donors (Lipinski definition) is 2. The van der Waals surface area contributed by atoms with Gasteiger partial charge in [0.1, 0.15) is 40.7 Å². The molecule has 2 aromatic rings. The second-order valence-corrected chi connectivity index (χ2v) is 10.9. The van der Waals surface area contributed by atoms with Gasteiger partial charge in [-0.3, -0.25) is 0 Å². The number of nitrogens with one attached hydrogen (secondary N) is 1. The largest absolute Gasteiger partial charge is 0.497 e. The third kappa shape index (κ3) is 7.06. The third-order valence-electron chi connectivity index (χ3n) is 4.99. The molecule has 0 aromatic heterocycles. The van der Waals surface area contributed by atoms with Gasteiger partial charge in [-0.1, -0.05) is 23.7 Å². The van der Waals surface area contributed by atoms with Gasteiger partial charge in [0.2, 0.25) is 10.0 Å². The lowest BCUT2D eigenvalue weighted by molar-refractivity contribution is 0.0987. The number of halogens is 1. The Morgan fingerprint density at radius 2 is 1.85 bits per heavy atom. The fourth-order valence-corrected chi connectivity index (χ4v) is 4.57. The minimum Gasteiger partial charge on any atom is -0.497 e. The number of rotatable bonds is 11. The molecule has 0 amide bonds. The van der Waals surface area contributed by atoms with Gasteiger partial charge in [-0.15, -0.1) is 0 Å². The molecular formula is C23H30ClN3O5S. The van der Waals surface area contributed by atoms with E-state index in [0.29, 0.717) is 0 Å². The monoisotopic (exact) mass is 495 g/mol. The summed E-state index contributed by atoms with van der Waals surface area (Å²) in [5.74, 6) is 0.901. The van der Waals surface area contributed by atoms with E-state index in [1.807, 2.05) is 44.2 Å². The summed E-state index contributed by atoms with van der Waals surface area (Å²) in [6.45, 7) is 4.22. The number of methoxy groups -OCH3 is 1. The van der Waals surface area contributed by atoms with E-state index in [4.69, 9.17) is 21.1 Å². The average Bonchev–Trinajstić information content (AvgIpc) is 2.76. The van der Waals surface area contributed by atoms with Gasteiger partial charge in [0.15, 0.2) is 0 Å². The molecular weight excluding hydrogens is 466 g/mol. The molecule has 8 nitrogen and oxygen atoms in total. The first kappa shape index (κ1) is 26.9. The maximum absolute atomic E-state index is 12.4. The van der Waals surface area contributed by atoms with Gasteiger partial charge >= 0.3 is 0 Å². The lowest BCUT2D eigenvalue weighted by Crippen LogP contribution is -2.46. The van der Waals surface area contributed by atoms with E-state index in [0.717, 1.165) is 22.0 Å². The first-order valence-electron chi connectivity index (χ1n) is 10.2. The summed E-state index contributed by atoms with van der Waals surface area (Å²) in [5.41, 5.74) is 0.735. The highest BCUT2D eigenvalue weighted by Crippen LogP contribution is 2.33. The zero-order valence-electron chi connectivity index (χ0n) is 19.4. The molecule has 0 bridgehead atoms. The minimum absolute atomic E-state index is 0.0976. The summed E-state index contributed by atoms with van der Waals surface area (Å²) >= 11 is 6.18. The maximum atomic E-state index is 12.4. The number of hydrogen-bond acceptors (Lipinski definition) is 7. The van der Waals surface area contributed by atoms with Gasteiger partial charge in [-0.05, 0) is 50.1 Å². The van der Waals surface area contributed by atoms with E-state index in [1.54, 1.807) is 7.11 Å². The molecule has 2 aromatic carbocycles. The SMILES string of the molecule is COc1ccc(CC(C)(C)NC[C@@H](O)COc2ccc(S(=O)(=O)N(C)C)c(Cl)c2C#N)cc1. The van der Waals surface area contributed by atoms with Crippen LogP contribution in [-0.2, 0) is 16.4 Å². The van der Waals surface area contributed by atoms with Crippen LogP contribution in [0.3, 0.4) is 0 Å². The Hall–Kier alpha value is -2.35. The lowest BCUT2D eigenvalue weighted by Gasteiger charge is -2.28. The van der Waals surface area contributed by atoms with Crippen molar-refractivity contribution in [1.82, 2.24) is 9.62 Å². The molecule has 0 aliphatic rings. The Kier molecular flexibility index (Phi) is 9.12. The van der Waals surface area contributed by atoms with Crippen LogP contribution >= 0.6 is 11.6 Å². The van der Waals surface area contributed by atoms with Crippen molar-refractivity contribution in [2.24, 2.45) is 0 Å². The quantitative estimate of drug-likeness (QED) is 0.493. The molecule has 0 radical (unpaired) electrons. The molecule has 180 valence electrons. The smallest absolute Gasteiger partial charge is 0.244 e. The minimum atomic E-state index is -3.81. The van der Waals surface area contributed by atoms with Crippen LogP contribution < -0.4 is 14.8 Å². The van der Waals surface area contributed by atoms with Crippen molar-refractivity contribution < 1.29 is 23.0 Å². The molecule has 0 fully saturated rings. The molecule has 0 aliphatic heterocycles. The Morgan fingerprint density at radius 1 is 1.21 bits per heavy atom. The normalized spacial score (nSPS) is 12.9. The first-order valence-corrected chi connectivity index (χ1v) is 12.1. The van der Waals surface area contributed by atoms with Crippen molar-refractivity contribution in [3.05, 3.63) is 52.5 Å². The number of aliphatic hydroxyl groups is 1. The summed E-state index contributed by atoms with van der Waals surface area (Å²) in [7, 11) is 0.561. The second-order valence-electron chi connectivity index (χ2n) is 8.40. The third-order valence-corrected chi connectivity index (χ3v) is 7.35. The van der Waals surface area contributed by atoms with Crippen LogP contribution in [-0.4, -0.2) is 63.8 Å². The van der Waals surface area contributed by atoms with Crippen LogP contribution in [0.25, 0.3) is 0 Å². The molecule has 2 N–H and O–H groups in total. The summed E-state index contributed by atoms with van der Waals surface area (Å²) in [6, 6.07) is 12.3. The van der Waals surface area contributed by atoms with Crippen LogP contribution in [0.15, 0.2) is 41.3 Å². The van der Waals surface area contributed by atoms with Crippen LogP contribution in [0.1, 0.15) is 25.0 Å². The standard InChI is InChI=1S/C23H30ClN3O5S/c1-23(2,12-16-6-8-18(31-5)9-7-16)26-14-17(28)15-32-20-10-11-21(22(24)19(20)13-25)33(29,30)27(3)4/h6-11,17,26,28H,12,14-15H2,1-5H3/t17-/m1/s1. The zero-order chi connectivity index (χ0) is 24.8. The topological polar surface area (TPSA) is 112 Å². The fraction of sp³-hybridized carbons (Fsp3) is 0.435. The van der Waals surface area contributed by atoms with E-state index in [1.165, 1.54) is 26.2 Å². The summed E-state index contributed by atoms with van der Waals surface area (Å²) < 4.78 is 36.5. The van der Waals surface area contributed by atoms with Gasteiger partial charge in [0.25, 0.3) is 0 Å². The van der Waals surface area contributed by atoms with E-state index in [-0.39, 0.29) is 39.9 Å². The molecule has 1 atom stereocenters. The van der Waals surface area contributed by atoms with Crippen LogP contribution in [0.4, 0.5) is 0 Å². The van der Waals surface area contributed by atoms with Crippen LogP contribution in [0.2, 0.25) is 5.02 Å². The van der Waals surface area contributed by atoms with Crippen molar-refractivity contribution >= 4 is 21.6 Å². The maximum Gasteiger partial charge on any atom is 0.244 e. The van der Waals surface area contributed by atoms with E-state index >= 15 is 0 Å². The van der Waals surface area contributed by atoms with Crippen LogP contribution in [0.5, 0.6) is 11.5 Å². The Labute approximate surface area is 200 Å². The van der Waals surface area contributed by atoms with Gasteiger partial charge in [0, 0.05) is 26.2 Å². The van der Waals surface area contributed by atoms with E-state index < -0.39 is 16.1 Å². The molecule has 0 heterocycles. The van der Waals surface area contributed by atoms with Crippen molar-refractivity contribution in [3.63, 3.8) is 0 Å². The number of nitrogens with zero attached hydrogens (tertiary/aromatic N) is 2. The number of ether oxygens (including phenoxy) is 2. The van der Waals surface area contributed by atoms with Gasteiger partial charge in [-0.25, -0.2) is 12.7 Å². The first-order chi connectivity index (χ1) is 15.4. The highest BCUT2D eigenvalue weighted by molar-refractivity contribution is 7.89. The summed E-state index contributed by atoms with van der Waals surface area (Å²) in [4.78, 5) is -0.180. The van der Waals surface area contributed by atoms with E-state index in [9.17, 15) is 18.8 Å². The summed E-state index contributed by atoms with van der Waals surface area (Å²) in [5, 5.41) is 23.0. The van der Waals surface area contributed by atoms with Crippen molar-refractivity contribution in [2.75, 3.05) is 34.4 Å². The molecule has 0 saturated heterocycles.